The highest BCUT2D eigenvalue weighted by atomic mass is 28.3. The molecule has 0 aliphatic rings. The fourth-order valence-corrected chi connectivity index (χ4v) is 13.0. The Kier molecular flexibility index (Phi) is 32.3. The van der Waals surface area contributed by atoms with Crippen molar-refractivity contribution in [1.29, 1.82) is 0 Å². The first kappa shape index (κ1) is 43.2. The maximum Gasteiger partial charge on any atom is 0.0782 e. The van der Waals surface area contributed by atoms with Gasteiger partial charge in [-0.25, -0.2) is 0 Å². The summed E-state index contributed by atoms with van der Waals surface area (Å²) >= 11 is 0. The normalized spacial score (nSPS) is 12.4. The molecule has 0 rings (SSSR count). The summed E-state index contributed by atoms with van der Waals surface area (Å²) in [5.74, 6) is 0. The van der Waals surface area contributed by atoms with Gasteiger partial charge < -0.3 is 4.48 Å². The van der Waals surface area contributed by atoms with Crippen molar-refractivity contribution in [2.75, 3.05) is 27.2 Å². The highest BCUT2D eigenvalue weighted by Gasteiger charge is 2.31. The molecule has 0 spiro atoms. The standard InChI is InChI=1S/C41H88NSi/c1-7-11-15-19-20-21-22-23-24-25-26-27-28-29-30-31-36-42(5,6)37-35-41-43(38-32-16-12-8-2,39-33-17-13-9-3)40-34-18-14-10-4/h7-41H2,1-6H3/q+1. The predicted octanol–water partition coefficient (Wildman–Crippen LogP) is 14.9. The van der Waals surface area contributed by atoms with Crippen molar-refractivity contribution in [1.82, 2.24) is 0 Å². The second-order valence-corrected chi connectivity index (χ2v) is 20.7. The minimum Gasteiger partial charge on any atom is -0.328 e. The Morgan fingerprint density at radius 3 is 0.837 bits per heavy atom. The fourth-order valence-electron chi connectivity index (χ4n) is 7.61. The van der Waals surface area contributed by atoms with Crippen LogP contribution in [0, 0.1) is 0 Å². The van der Waals surface area contributed by atoms with Crippen LogP contribution in [0.2, 0.25) is 24.2 Å². The smallest absolute Gasteiger partial charge is 0.0782 e. The maximum absolute atomic E-state index is 2.54. The van der Waals surface area contributed by atoms with Crippen LogP contribution in [0.4, 0.5) is 0 Å². The monoisotopic (exact) mass is 623 g/mol. The van der Waals surface area contributed by atoms with Crippen LogP contribution in [0.1, 0.15) is 214 Å². The zero-order valence-electron chi connectivity index (χ0n) is 31.7. The van der Waals surface area contributed by atoms with Crippen LogP contribution in [0.5, 0.6) is 0 Å². The predicted molar refractivity (Wildman–Crippen MR) is 203 cm³/mol. The molecule has 0 aliphatic heterocycles. The summed E-state index contributed by atoms with van der Waals surface area (Å²) in [7, 11) is 3.95. The van der Waals surface area contributed by atoms with Gasteiger partial charge in [0.25, 0.3) is 0 Å². The Bertz CT molecular complexity index is 499. The zero-order chi connectivity index (χ0) is 31.7. The van der Waals surface area contributed by atoms with Crippen LogP contribution < -0.4 is 0 Å². The Balaban J connectivity index is 4.26. The van der Waals surface area contributed by atoms with E-state index in [1.54, 1.807) is 43.4 Å². The number of nitrogens with zero attached hydrogens (tertiary/aromatic N) is 1. The van der Waals surface area contributed by atoms with Crippen molar-refractivity contribution in [2.45, 2.75) is 238 Å². The van der Waals surface area contributed by atoms with Gasteiger partial charge in [-0.1, -0.05) is 219 Å². The SMILES string of the molecule is CCCCCCCCCCCCCCCCCC[N+](C)(C)CCC[Si](CCCCCC)(CCCCCC)CCCCCC. The van der Waals surface area contributed by atoms with E-state index >= 15 is 0 Å². The van der Waals surface area contributed by atoms with Crippen LogP contribution >= 0.6 is 0 Å². The van der Waals surface area contributed by atoms with E-state index in [9.17, 15) is 0 Å². The second-order valence-electron chi connectivity index (χ2n) is 15.7. The largest absolute Gasteiger partial charge is 0.328 e. The van der Waals surface area contributed by atoms with Crippen molar-refractivity contribution in [3.8, 4) is 0 Å². The summed E-state index contributed by atoms with van der Waals surface area (Å²) in [6.07, 6.45) is 42.6. The van der Waals surface area contributed by atoms with E-state index in [-0.39, 0.29) is 0 Å². The van der Waals surface area contributed by atoms with Gasteiger partial charge in [-0.15, -0.1) is 0 Å². The van der Waals surface area contributed by atoms with E-state index in [2.05, 4.69) is 41.8 Å². The lowest BCUT2D eigenvalue weighted by Gasteiger charge is -2.35. The molecule has 0 radical (unpaired) electrons. The third-order valence-electron chi connectivity index (χ3n) is 10.8. The molecule has 1 nitrogen and oxygen atoms in total. The Morgan fingerprint density at radius 2 is 0.512 bits per heavy atom. The number of unbranched alkanes of at least 4 members (excludes halogenated alkanes) is 24. The molecule has 43 heavy (non-hydrogen) atoms. The average Bonchev–Trinajstić information content (AvgIpc) is 2.99. The lowest BCUT2D eigenvalue weighted by Crippen LogP contribution is -2.43. The van der Waals surface area contributed by atoms with Crippen LogP contribution in [0.3, 0.4) is 0 Å². The molecular formula is C41H88NSi+. The summed E-state index contributed by atoms with van der Waals surface area (Å²) in [5.41, 5.74) is 0. The topological polar surface area (TPSA) is 0 Å². The number of rotatable bonds is 36. The van der Waals surface area contributed by atoms with Gasteiger partial charge in [0, 0.05) is 0 Å². The molecule has 0 unspecified atom stereocenters. The van der Waals surface area contributed by atoms with Gasteiger partial charge >= 0.3 is 0 Å². The lowest BCUT2D eigenvalue weighted by atomic mass is 10.0. The third kappa shape index (κ3) is 29.3. The molecule has 0 aliphatic carbocycles. The average molecular weight is 623 g/mol. The molecule has 0 fully saturated rings. The van der Waals surface area contributed by atoms with Gasteiger partial charge in [0.1, 0.15) is 0 Å². The molecule has 0 bridgehead atoms. The van der Waals surface area contributed by atoms with Gasteiger partial charge in [0.2, 0.25) is 0 Å². The summed E-state index contributed by atoms with van der Waals surface area (Å²) in [4.78, 5) is 0. The molecular weight excluding hydrogens is 535 g/mol. The first-order valence-electron chi connectivity index (χ1n) is 20.8. The van der Waals surface area contributed by atoms with E-state index in [1.165, 1.54) is 185 Å². The quantitative estimate of drug-likeness (QED) is 0.0370. The first-order valence-corrected chi connectivity index (χ1v) is 23.6. The summed E-state index contributed by atoms with van der Waals surface area (Å²) in [6, 6.07) is 6.59. The van der Waals surface area contributed by atoms with Crippen molar-refractivity contribution in [3.63, 3.8) is 0 Å². The van der Waals surface area contributed by atoms with Crippen LogP contribution in [0.15, 0.2) is 0 Å². The van der Waals surface area contributed by atoms with Gasteiger partial charge in [-0.3, -0.25) is 0 Å². The van der Waals surface area contributed by atoms with Crippen molar-refractivity contribution in [2.24, 2.45) is 0 Å². The molecule has 260 valence electrons. The number of hydrogen-bond acceptors (Lipinski definition) is 0. The second kappa shape index (κ2) is 32.1. The van der Waals surface area contributed by atoms with E-state index < -0.39 is 8.07 Å². The van der Waals surface area contributed by atoms with Crippen LogP contribution in [-0.2, 0) is 0 Å². The van der Waals surface area contributed by atoms with Crippen LogP contribution in [0.25, 0.3) is 0 Å². The van der Waals surface area contributed by atoms with Crippen molar-refractivity contribution < 1.29 is 4.48 Å². The van der Waals surface area contributed by atoms with E-state index in [0.717, 1.165) is 0 Å². The van der Waals surface area contributed by atoms with E-state index in [4.69, 9.17) is 0 Å². The molecule has 0 aromatic heterocycles. The molecule has 0 saturated carbocycles. The fraction of sp³-hybridized carbons (Fsp3) is 1.00. The Labute approximate surface area is 277 Å². The Hall–Kier alpha value is 0.177. The molecule has 0 saturated heterocycles. The summed E-state index contributed by atoms with van der Waals surface area (Å²) < 4.78 is 1.27. The van der Waals surface area contributed by atoms with Gasteiger partial charge in [-0.2, -0.15) is 0 Å². The highest BCUT2D eigenvalue weighted by molar-refractivity contribution is 6.79. The molecule has 0 aromatic rings. The maximum atomic E-state index is 2.54. The summed E-state index contributed by atoms with van der Waals surface area (Å²) in [5, 5.41) is 0. The molecule has 0 atom stereocenters. The molecule has 0 heterocycles. The van der Waals surface area contributed by atoms with Crippen molar-refractivity contribution in [3.05, 3.63) is 0 Å². The number of hydrogen-bond donors (Lipinski definition) is 0. The van der Waals surface area contributed by atoms with Crippen LogP contribution in [-0.4, -0.2) is 39.7 Å². The minimum atomic E-state index is -1.13. The molecule has 0 aromatic carbocycles. The summed E-state index contributed by atoms with van der Waals surface area (Å²) in [6.45, 7) is 12.3. The minimum absolute atomic E-state index is 1.13. The zero-order valence-corrected chi connectivity index (χ0v) is 32.7. The highest BCUT2D eigenvalue weighted by Crippen LogP contribution is 2.34. The van der Waals surface area contributed by atoms with Gasteiger partial charge in [0.15, 0.2) is 0 Å². The van der Waals surface area contributed by atoms with Crippen molar-refractivity contribution >= 4 is 8.07 Å². The van der Waals surface area contributed by atoms with Gasteiger partial charge in [-0.05, 0) is 19.3 Å². The lowest BCUT2D eigenvalue weighted by molar-refractivity contribution is -0.890. The molecule has 0 N–H and O–H groups in total. The van der Waals surface area contributed by atoms with E-state index in [0.29, 0.717) is 0 Å². The number of quaternary nitrogens is 1. The molecule has 2 heteroatoms. The van der Waals surface area contributed by atoms with E-state index in [1.807, 2.05) is 0 Å². The third-order valence-corrected chi connectivity index (χ3v) is 16.4. The van der Waals surface area contributed by atoms with Gasteiger partial charge in [0.05, 0.1) is 35.3 Å². The molecule has 0 amide bonds. The Morgan fingerprint density at radius 1 is 0.279 bits per heavy atom. The first-order chi connectivity index (χ1) is 20.9.